The Bertz CT molecular complexity index is 437. The third-order valence-corrected chi connectivity index (χ3v) is 2.42. The third kappa shape index (κ3) is 2.17. The molecule has 0 spiro atoms. The lowest BCUT2D eigenvalue weighted by Crippen LogP contribution is -2.01. The summed E-state index contributed by atoms with van der Waals surface area (Å²) in [6, 6.07) is 3.12. The summed E-state index contributed by atoms with van der Waals surface area (Å²) in [6.07, 6.45) is 0. The van der Waals surface area contributed by atoms with Gasteiger partial charge in [-0.25, -0.2) is 15.4 Å². The summed E-state index contributed by atoms with van der Waals surface area (Å²) >= 11 is 0. The van der Waals surface area contributed by atoms with E-state index in [4.69, 9.17) is 11.8 Å². The lowest BCUT2D eigenvalue weighted by molar-refractivity contribution is 0.566. The van der Waals surface area contributed by atoms with Crippen molar-refractivity contribution >= 4 is 0 Å². The van der Waals surface area contributed by atoms with Crippen molar-refractivity contribution in [3.63, 3.8) is 0 Å². The molecule has 4 heteroatoms. The van der Waals surface area contributed by atoms with E-state index in [9.17, 15) is 8.78 Å². The lowest BCUT2D eigenvalue weighted by Gasteiger charge is -2.08. The maximum absolute atomic E-state index is 13.5. The molecular formula is C12H10F2N2. The molecule has 0 amide bonds. The fourth-order valence-corrected chi connectivity index (χ4v) is 1.37. The second-order valence-electron chi connectivity index (χ2n) is 3.55. The van der Waals surface area contributed by atoms with Gasteiger partial charge < -0.3 is 4.85 Å². The van der Waals surface area contributed by atoms with E-state index in [2.05, 4.69) is 4.85 Å². The highest BCUT2D eigenvalue weighted by Gasteiger charge is 2.20. The van der Waals surface area contributed by atoms with Crippen molar-refractivity contribution < 1.29 is 8.78 Å². The zero-order valence-electron chi connectivity index (χ0n) is 8.96. The second-order valence-corrected chi connectivity index (χ2v) is 3.55. The standard InChI is InChI=1S/C12H10F2N2/c1-7(6-15)9-4-12(14)10(5-11(9)13)8(2)16-3/h4-5,7-8H,1-2H3. The molecule has 2 atom stereocenters. The molecule has 1 rings (SSSR count). The van der Waals surface area contributed by atoms with Crippen molar-refractivity contribution in [1.82, 2.24) is 0 Å². The van der Waals surface area contributed by atoms with Crippen LogP contribution in [0.4, 0.5) is 8.78 Å². The van der Waals surface area contributed by atoms with Crippen LogP contribution in [-0.2, 0) is 0 Å². The molecule has 82 valence electrons. The van der Waals surface area contributed by atoms with E-state index in [0.29, 0.717) is 0 Å². The van der Waals surface area contributed by atoms with Gasteiger partial charge in [-0.05, 0) is 19.1 Å². The molecule has 0 aliphatic carbocycles. The van der Waals surface area contributed by atoms with Gasteiger partial charge in [0.1, 0.15) is 11.6 Å². The maximum atomic E-state index is 13.5. The molecule has 16 heavy (non-hydrogen) atoms. The first-order chi connectivity index (χ1) is 7.51. The van der Waals surface area contributed by atoms with Crippen LogP contribution >= 0.6 is 0 Å². The van der Waals surface area contributed by atoms with Gasteiger partial charge in [0, 0.05) is 12.5 Å². The van der Waals surface area contributed by atoms with Crippen LogP contribution in [0.25, 0.3) is 4.85 Å². The predicted octanol–water partition coefficient (Wildman–Crippen LogP) is 3.57. The van der Waals surface area contributed by atoms with E-state index in [-0.39, 0.29) is 11.1 Å². The van der Waals surface area contributed by atoms with Gasteiger partial charge in [0.15, 0.2) is 0 Å². The molecule has 2 unspecified atom stereocenters. The molecule has 0 fully saturated rings. The summed E-state index contributed by atoms with van der Waals surface area (Å²) < 4.78 is 27.1. The summed E-state index contributed by atoms with van der Waals surface area (Å²) in [5.74, 6) is -1.98. The zero-order chi connectivity index (χ0) is 12.3. The summed E-state index contributed by atoms with van der Waals surface area (Å²) in [6.45, 7) is 9.77. The smallest absolute Gasteiger partial charge is 0.248 e. The van der Waals surface area contributed by atoms with E-state index in [0.717, 1.165) is 12.1 Å². The maximum Gasteiger partial charge on any atom is 0.248 e. The van der Waals surface area contributed by atoms with E-state index < -0.39 is 23.6 Å². The first-order valence-electron chi connectivity index (χ1n) is 4.76. The number of nitrogens with zero attached hydrogens (tertiary/aromatic N) is 2. The van der Waals surface area contributed by atoms with Crippen molar-refractivity contribution in [2.75, 3.05) is 0 Å². The van der Waals surface area contributed by atoms with Crippen LogP contribution < -0.4 is 0 Å². The van der Waals surface area contributed by atoms with Crippen LogP contribution in [0.5, 0.6) is 0 Å². The molecule has 0 aliphatic rings. The van der Waals surface area contributed by atoms with Gasteiger partial charge in [0.2, 0.25) is 6.04 Å². The van der Waals surface area contributed by atoms with E-state index in [1.807, 2.05) is 6.07 Å². The molecule has 0 N–H and O–H groups in total. The minimum atomic E-state index is -0.721. The van der Waals surface area contributed by atoms with Gasteiger partial charge in [-0.3, -0.25) is 0 Å². The number of nitriles is 1. The highest BCUT2D eigenvalue weighted by Crippen LogP contribution is 2.26. The predicted molar refractivity (Wildman–Crippen MR) is 55.4 cm³/mol. The molecular weight excluding hydrogens is 210 g/mol. The number of hydrogen-bond donors (Lipinski definition) is 0. The largest absolute Gasteiger partial charge is 0.309 e. The summed E-state index contributed by atoms with van der Waals surface area (Å²) in [4.78, 5) is 3.13. The number of rotatable bonds is 2. The van der Waals surface area contributed by atoms with Crippen molar-refractivity contribution in [1.29, 1.82) is 5.26 Å². The van der Waals surface area contributed by atoms with Crippen molar-refractivity contribution in [2.24, 2.45) is 0 Å². The Kier molecular flexibility index (Phi) is 3.58. The van der Waals surface area contributed by atoms with Crippen LogP contribution in [0.2, 0.25) is 0 Å². The van der Waals surface area contributed by atoms with E-state index in [1.54, 1.807) is 0 Å². The van der Waals surface area contributed by atoms with Crippen LogP contribution in [0.3, 0.4) is 0 Å². The van der Waals surface area contributed by atoms with Crippen LogP contribution in [0.1, 0.15) is 36.9 Å². The highest BCUT2D eigenvalue weighted by atomic mass is 19.1. The van der Waals surface area contributed by atoms with E-state index >= 15 is 0 Å². The Morgan fingerprint density at radius 1 is 1.25 bits per heavy atom. The summed E-state index contributed by atoms with van der Waals surface area (Å²) in [7, 11) is 0. The number of hydrogen-bond acceptors (Lipinski definition) is 1. The normalized spacial score (nSPS) is 13.6. The van der Waals surface area contributed by atoms with E-state index in [1.165, 1.54) is 13.8 Å². The molecule has 0 bridgehead atoms. The summed E-state index contributed by atoms with van der Waals surface area (Å²) in [5, 5.41) is 8.64. The third-order valence-electron chi connectivity index (χ3n) is 2.42. The van der Waals surface area contributed by atoms with Crippen molar-refractivity contribution in [2.45, 2.75) is 25.8 Å². The molecule has 0 aromatic heterocycles. The number of halogens is 2. The van der Waals surface area contributed by atoms with Gasteiger partial charge in [-0.1, -0.05) is 0 Å². The topological polar surface area (TPSA) is 28.1 Å². The first kappa shape index (κ1) is 12.1. The molecule has 0 saturated carbocycles. The minimum absolute atomic E-state index is 0.0286. The Morgan fingerprint density at radius 3 is 2.25 bits per heavy atom. The Morgan fingerprint density at radius 2 is 1.75 bits per heavy atom. The second kappa shape index (κ2) is 4.72. The molecule has 1 aromatic carbocycles. The molecule has 1 aromatic rings. The molecule has 0 aliphatic heterocycles. The molecule has 0 radical (unpaired) electrons. The monoisotopic (exact) mass is 220 g/mol. The average molecular weight is 220 g/mol. The molecule has 0 heterocycles. The SMILES string of the molecule is [C-]#[N+]C(C)c1cc(F)c(C(C)C#N)cc1F. The van der Waals surface area contributed by atoms with Crippen molar-refractivity contribution in [3.05, 3.63) is 46.3 Å². The van der Waals surface area contributed by atoms with Gasteiger partial charge in [-0.2, -0.15) is 5.26 Å². The number of benzene rings is 1. The Hall–Kier alpha value is -1.94. The average Bonchev–Trinajstić information content (AvgIpc) is 2.29. The molecule has 0 saturated heterocycles. The highest BCUT2D eigenvalue weighted by molar-refractivity contribution is 5.33. The minimum Gasteiger partial charge on any atom is -0.309 e. The van der Waals surface area contributed by atoms with Crippen molar-refractivity contribution in [3.8, 4) is 6.07 Å². The lowest BCUT2D eigenvalue weighted by atomic mass is 9.98. The Balaban J connectivity index is 3.29. The van der Waals surface area contributed by atoms with Gasteiger partial charge in [0.25, 0.3) is 0 Å². The van der Waals surface area contributed by atoms with Crippen LogP contribution in [0.15, 0.2) is 12.1 Å². The van der Waals surface area contributed by atoms with Gasteiger partial charge in [0.05, 0.1) is 17.6 Å². The zero-order valence-corrected chi connectivity index (χ0v) is 8.96. The molecule has 2 nitrogen and oxygen atoms in total. The Labute approximate surface area is 92.9 Å². The van der Waals surface area contributed by atoms with Gasteiger partial charge in [-0.15, -0.1) is 0 Å². The van der Waals surface area contributed by atoms with Crippen LogP contribution in [-0.4, -0.2) is 0 Å². The fraction of sp³-hybridized carbons (Fsp3) is 0.333. The summed E-state index contributed by atoms with van der Waals surface area (Å²) in [5.41, 5.74) is 0.0577. The quantitative estimate of drug-likeness (QED) is 0.700. The van der Waals surface area contributed by atoms with Crippen LogP contribution in [0, 0.1) is 29.5 Å². The van der Waals surface area contributed by atoms with Gasteiger partial charge >= 0.3 is 0 Å². The fourth-order valence-electron chi connectivity index (χ4n) is 1.37. The first-order valence-corrected chi connectivity index (χ1v) is 4.76.